The van der Waals surface area contributed by atoms with E-state index in [9.17, 15) is 9.59 Å². The zero-order valence-electron chi connectivity index (χ0n) is 19.1. The van der Waals surface area contributed by atoms with E-state index in [1.54, 1.807) is 0 Å². The van der Waals surface area contributed by atoms with Gasteiger partial charge in [-0.15, -0.1) is 0 Å². The van der Waals surface area contributed by atoms with Crippen molar-refractivity contribution >= 4 is 17.5 Å². The normalized spacial score (nSPS) is 16.0. The number of likely N-dealkylation sites (N-methyl/N-ethyl adjacent to an activating group) is 1. The number of nitrogens with one attached hydrogen (secondary N) is 1. The van der Waals surface area contributed by atoms with Gasteiger partial charge in [-0.3, -0.25) is 19.4 Å². The minimum atomic E-state index is 0.00893. The van der Waals surface area contributed by atoms with Crippen molar-refractivity contribution in [1.29, 1.82) is 0 Å². The molecule has 31 heavy (non-hydrogen) atoms. The van der Waals surface area contributed by atoms with Crippen LogP contribution in [-0.2, 0) is 9.59 Å². The van der Waals surface area contributed by atoms with Gasteiger partial charge >= 0.3 is 0 Å². The molecule has 3 rings (SSSR count). The highest BCUT2D eigenvalue weighted by molar-refractivity contribution is 5.93. The predicted molar refractivity (Wildman–Crippen MR) is 125 cm³/mol. The average Bonchev–Trinajstić information content (AvgIpc) is 2.77. The summed E-state index contributed by atoms with van der Waals surface area (Å²) >= 11 is 0. The molecule has 0 radical (unpaired) electrons. The number of aryl methyl sites for hydroxylation is 1. The summed E-state index contributed by atoms with van der Waals surface area (Å²) in [7, 11) is 1.87. The second-order valence-corrected chi connectivity index (χ2v) is 8.44. The minimum absolute atomic E-state index is 0.00893. The van der Waals surface area contributed by atoms with Gasteiger partial charge in [0, 0.05) is 38.9 Å². The molecule has 0 aromatic heterocycles. The molecular weight excluding hydrogens is 388 g/mol. The van der Waals surface area contributed by atoms with Crippen molar-refractivity contribution in [3.8, 4) is 0 Å². The van der Waals surface area contributed by atoms with Gasteiger partial charge in [0.05, 0.1) is 19.1 Å². The quantitative estimate of drug-likeness (QED) is 0.745. The molecule has 166 valence electrons. The number of rotatable bonds is 7. The van der Waals surface area contributed by atoms with E-state index in [0.717, 1.165) is 43.0 Å². The van der Waals surface area contributed by atoms with E-state index >= 15 is 0 Å². The van der Waals surface area contributed by atoms with Crippen LogP contribution in [0.5, 0.6) is 0 Å². The first-order chi connectivity index (χ1) is 14.8. The standard InChI is InChI=1S/C25H34N4O2/c1-19-9-8-12-23(20(19)2)26-24(30)17-28-13-15-29(16-14-28)18-25(31)27(4)21(3)22-10-6-5-7-11-22/h5-12,21H,13-18H2,1-4H3,(H,26,30)/t21-/m0/s1. The van der Waals surface area contributed by atoms with Crippen LogP contribution in [0.4, 0.5) is 5.69 Å². The molecule has 0 unspecified atom stereocenters. The van der Waals surface area contributed by atoms with Gasteiger partial charge in [-0.25, -0.2) is 0 Å². The first-order valence-electron chi connectivity index (χ1n) is 11.0. The molecular formula is C25H34N4O2. The second-order valence-electron chi connectivity index (χ2n) is 8.44. The van der Waals surface area contributed by atoms with Gasteiger partial charge in [-0.2, -0.15) is 0 Å². The molecule has 2 amide bonds. The zero-order valence-corrected chi connectivity index (χ0v) is 19.1. The molecule has 2 aromatic carbocycles. The molecule has 1 aliphatic heterocycles. The van der Waals surface area contributed by atoms with Gasteiger partial charge in [0.1, 0.15) is 0 Å². The third-order valence-electron chi connectivity index (χ3n) is 6.33. The molecule has 6 nitrogen and oxygen atoms in total. The summed E-state index contributed by atoms with van der Waals surface area (Å²) in [4.78, 5) is 31.4. The SMILES string of the molecule is Cc1cccc(NC(=O)CN2CCN(CC(=O)N(C)[C@@H](C)c3ccccc3)CC2)c1C. The maximum Gasteiger partial charge on any atom is 0.238 e. The highest BCUT2D eigenvalue weighted by atomic mass is 16.2. The fraction of sp³-hybridized carbons (Fsp3) is 0.440. The number of piperazine rings is 1. The topological polar surface area (TPSA) is 55.9 Å². The number of nitrogens with zero attached hydrogens (tertiary/aromatic N) is 3. The molecule has 2 aromatic rings. The monoisotopic (exact) mass is 422 g/mol. The van der Waals surface area contributed by atoms with E-state index in [4.69, 9.17) is 0 Å². The van der Waals surface area contributed by atoms with Crippen molar-refractivity contribution in [3.05, 3.63) is 65.2 Å². The molecule has 6 heteroatoms. The summed E-state index contributed by atoms with van der Waals surface area (Å²) in [5, 5.41) is 3.03. The Morgan fingerprint density at radius 3 is 2.19 bits per heavy atom. The number of amides is 2. The van der Waals surface area contributed by atoms with E-state index in [-0.39, 0.29) is 17.9 Å². The first-order valence-corrected chi connectivity index (χ1v) is 11.0. The van der Waals surface area contributed by atoms with Crippen LogP contribution in [-0.4, -0.2) is 72.8 Å². The fourth-order valence-electron chi connectivity index (χ4n) is 3.86. The van der Waals surface area contributed by atoms with Crippen molar-refractivity contribution in [2.75, 3.05) is 51.6 Å². The Labute approximate surface area is 185 Å². The molecule has 1 fully saturated rings. The number of hydrogen-bond donors (Lipinski definition) is 1. The molecule has 1 heterocycles. The van der Waals surface area contributed by atoms with Crippen LogP contribution in [0, 0.1) is 13.8 Å². The van der Waals surface area contributed by atoms with Gasteiger partial charge in [-0.1, -0.05) is 42.5 Å². The number of anilines is 1. The molecule has 0 spiro atoms. The van der Waals surface area contributed by atoms with Gasteiger partial charge in [0.15, 0.2) is 0 Å². The molecule has 1 N–H and O–H groups in total. The third kappa shape index (κ3) is 6.15. The molecule has 1 atom stereocenters. The van der Waals surface area contributed by atoms with E-state index in [1.807, 2.05) is 62.2 Å². The van der Waals surface area contributed by atoms with Crippen LogP contribution in [0.2, 0.25) is 0 Å². The molecule has 0 bridgehead atoms. The van der Waals surface area contributed by atoms with E-state index in [1.165, 1.54) is 5.56 Å². The van der Waals surface area contributed by atoms with Gasteiger partial charge < -0.3 is 10.2 Å². The Kier molecular flexibility index (Phi) is 7.82. The summed E-state index contributed by atoms with van der Waals surface area (Å²) in [5.41, 5.74) is 4.29. The van der Waals surface area contributed by atoms with Gasteiger partial charge in [-0.05, 0) is 43.5 Å². The fourth-order valence-corrected chi connectivity index (χ4v) is 3.86. The average molecular weight is 423 g/mol. The Morgan fingerprint density at radius 2 is 1.55 bits per heavy atom. The van der Waals surface area contributed by atoms with Crippen LogP contribution in [0.25, 0.3) is 0 Å². The Balaban J connectivity index is 1.43. The molecule has 0 saturated carbocycles. The predicted octanol–water partition coefficient (Wildman–Crippen LogP) is 3.08. The van der Waals surface area contributed by atoms with Crippen molar-refractivity contribution in [2.45, 2.75) is 26.8 Å². The van der Waals surface area contributed by atoms with E-state index in [2.05, 4.69) is 34.2 Å². The van der Waals surface area contributed by atoms with Gasteiger partial charge in [0.2, 0.25) is 11.8 Å². The summed E-state index contributed by atoms with van der Waals surface area (Å²) in [5.74, 6) is 0.132. The highest BCUT2D eigenvalue weighted by Gasteiger charge is 2.24. The lowest BCUT2D eigenvalue weighted by Gasteiger charge is -2.35. The van der Waals surface area contributed by atoms with Crippen LogP contribution in [0.3, 0.4) is 0 Å². The second kappa shape index (κ2) is 10.6. The zero-order chi connectivity index (χ0) is 22.4. The number of carbonyl (C=O) groups is 2. The number of benzene rings is 2. The lowest BCUT2D eigenvalue weighted by atomic mass is 10.1. The molecule has 0 aliphatic carbocycles. The van der Waals surface area contributed by atoms with Gasteiger partial charge in [0.25, 0.3) is 0 Å². The summed E-state index contributed by atoms with van der Waals surface area (Å²) in [6, 6.07) is 16.1. The Bertz CT molecular complexity index is 892. The Morgan fingerprint density at radius 1 is 0.935 bits per heavy atom. The summed E-state index contributed by atoms with van der Waals surface area (Å²) < 4.78 is 0. The van der Waals surface area contributed by atoms with Crippen molar-refractivity contribution < 1.29 is 9.59 Å². The van der Waals surface area contributed by atoms with E-state index < -0.39 is 0 Å². The van der Waals surface area contributed by atoms with Crippen LogP contribution >= 0.6 is 0 Å². The summed E-state index contributed by atoms with van der Waals surface area (Å²) in [6.45, 7) is 10.1. The lowest BCUT2D eigenvalue weighted by molar-refractivity contribution is -0.133. The van der Waals surface area contributed by atoms with Crippen molar-refractivity contribution in [3.63, 3.8) is 0 Å². The highest BCUT2D eigenvalue weighted by Crippen LogP contribution is 2.19. The molecule has 1 aliphatic rings. The number of hydrogen-bond acceptors (Lipinski definition) is 4. The van der Waals surface area contributed by atoms with Crippen LogP contribution in [0.15, 0.2) is 48.5 Å². The van der Waals surface area contributed by atoms with E-state index in [0.29, 0.717) is 13.1 Å². The first kappa shape index (κ1) is 23.0. The van der Waals surface area contributed by atoms with Crippen molar-refractivity contribution in [1.82, 2.24) is 14.7 Å². The molecule has 1 saturated heterocycles. The maximum absolute atomic E-state index is 12.8. The van der Waals surface area contributed by atoms with Crippen LogP contribution < -0.4 is 5.32 Å². The largest absolute Gasteiger partial charge is 0.338 e. The summed E-state index contributed by atoms with van der Waals surface area (Å²) in [6.07, 6.45) is 0. The Hall–Kier alpha value is -2.70. The number of carbonyl (C=O) groups excluding carboxylic acids is 2. The lowest BCUT2D eigenvalue weighted by Crippen LogP contribution is -2.51. The van der Waals surface area contributed by atoms with Crippen LogP contribution in [0.1, 0.15) is 29.7 Å². The smallest absolute Gasteiger partial charge is 0.238 e. The third-order valence-corrected chi connectivity index (χ3v) is 6.33. The van der Waals surface area contributed by atoms with Crippen molar-refractivity contribution in [2.24, 2.45) is 0 Å². The maximum atomic E-state index is 12.8. The minimum Gasteiger partial charge on any atom is -0.338 e.